The highest BCUT2D eigenvalue weighted by Crippen LogP contribution is 2.33. The molecule has 2 fully saturated rings. The normalized spacial score (nSPS) is 18.3. The molecule has 4 rings (SSSR count). The Bertz CT molecular complexity index is 1070. The number of rotatable bonds is 7. The highest BCUT2D eigenvalue weighted by molar-refractivity contribution is 6.08. The number of carbonyl (C=O) groups is 4. The number of urea groups is 1. The first-order valence-corrected chi connectivity index (χ1v) is 11.3. The summed E-state index contributed by atoms with van der Waals surface area (Å²) in [4.78, 5) is 50.6. The van der Waals surface area contributed by atoms with E-state index >= 15 is 0 Å². The number of nitrogens with one attached hydrogen (secondary N) is 3. The van der Waals surface area contributed by atoms with Crippen LogP contribution in [0.25, 0.3) is 10.8 Å². The maximum Gasteiger partial charge on any atom is 0.344 e. The molecule has 1 aliphatic heterocycles. The maximum absolute atomic E-state index is 12.9. The first-order chi connectivity index (χ1) is 15.9. The van der Waals surface area contributed by atoms with E-state index in [-0.39, 0.29) is 13.2 Å². The summed E-state index contributed by atoms with van der Waals surface area (Å²) >= 11 is 0. The summed E-state index contributed by atoms with van der Waals surface area (Å²) < 4.78 is 5.22. The van der Waals surface area contributed by atoms with Crippen molar-refractivity contribution < 1.29 is 23.9 Å². The van der Waals surface area contributed by atoms with Gasteiger partial charge in [0, 0.05) is 0 Å². The molecule has 0 unspecified atom stereocenters. The molecule has 33 heavy (non-hydrogen) atoms. The number of amides is 4. The predicted octanol–water partition coefficient (Wildman–Crippen LogP) is 2.32. The molecule has 1 atom stereocenters. The Kier molecular flexibility index (Phi) is 6.60. The lowest BCUT2D eigenvalue weighted by Gasteiger charge is -2.30. The van der Waals surface area contributed by atoms with E-state index in [9.17, 15) is 19.2 Å². The average Bonchev–Trinajstić information content (AvgIpc) is 3.03. The van der Waals surface area contributed by atoms with Crippen LogP contribution in [0.1, 0.15) is 50.6 Å². The van der Waals surface area contributed by atoms with E-state index in [4.69, 9.17) is 4.74 Å². The standard InChI is InChI=1S/C24H28N4O5/c1-2-33-21(30)20(18-12-8-10-16-9-4-5-11-17(16)18)25-15-19(29)27-28-22(31)24(26-23(28)32)13-6-3-7-14-24/h4-5,8-12,20,25H,2-3,6-7,13-15H2,1H3,(H,26,32)(H,27,29)/t20-/m0/s1. The second-order valence-electron chi connectivity index (χ2n) is 8.38. The number of ether oxygens (including phenoxy) is 1. The lowest BCUT2D eigenvalue weighted by atomic mass is 9.82. The van der Waals surface area contributed by atoms with Crippen LogP contribution in [0.3, 0.4) is 0 Å². The third-order valence-electron chi connectivity index (χ3n) is 6.23. The smallest absolute Gasteiger partial charge is 0.344 e. The molecule has 2 aliphatic rings. The van der Waals surface area contributed by atoms with Crippen molar-refractivity contribution in [2.75, 3.05) is 13.2 Å². The van der Waals surface area contributed by atoms with Gasteiger partial charge in [0.15, 0.2) is 0 Å². The van der Waals surface area contributed by atoms with Crippen molar-refractivity contribution in [3.05, 3.63) is 48.0 Å². The molecule has 0 aromatic heterocycles. The number of esters is 1. The molecule has 2 aromatic carbocycles. The van der Waals surface area contributed by atoms with E-state index in [0.717, 1.165) is 35.0 Å². The number of fused-ring (bicyclic) bond motifs is 1. The Labute approximate surface area is 191 Å². The van der Waals surface area contributed by atoms with Crippen molar-refractivity contribution in [2.24, 2.45) is 0 Å². The average molecular weight is 453 g/mol. The van der Waals surface area contributed by atoms with Crippen molar-refractivity contribution in [1.82, 2.24) is 21.1 Å². The summed E-state index contributed by atoms with van der Waals surface area (Å²) in [6.45, 7) is 1.61. The largest absolute Gasteiger partial charge is 0.465 e. The van der Waals surface area contributed by atoms with Gasteiger partial charge in [0.05, 0.1) is 13.2 Å². The van der Waals surface area contributed by atoms with Gasteiger partial charge in [0.2, 0.25) is 0 Å². The van der Waals surface area contributed by atoms with Crippen molar-refractivity contribution in [3.8, 4) is 0 Å². The fourth-order valence-corrected chi connectivity index (χ4v) is 4.62. The molecule has 9 heteroatoms. The number of hydrogen-bond donors (Lipinski definition) is 3. The molecule has 1 spiro atoms. The molecule has 3 N–H and O–H groups in total. The first kappa shape index (κ1) is 22.7. The number of imide groups is 1. The number of hydrazine groups is 1. The van der Waals surface area contributed by atoms with Gasteiger partial charge in [0.25, 0.3) is 11.8 Å². The molecule has 174 valence electrons. The number of carbonyl (C=O) groups excluding carboxylic acids is 4. The van der Waals surface area contributed by atoms with Crippen LogP contribution >= 0.6 is 0 Å². The third-order valence-corrected chi connectivity index (χ3v) is 6.23. The monoisotopic (exact) mass is 452 g/mol. The Balaban J connectivity index is 1.47. The minimum absolute atomic E-state index is 0.193. The van der Waals surface area contributed by atoms with Crippen LogP contribution in [-0.4, -0.2) is 47.5 Å². The Morgan fingerprint density at radius 3 is 2.58 bits per heavy atom. The van der Waals surface area contributed by atoms with E-state index in [1.165, 1.54) is 0 Å². The van der Waals surface area contributed by atoms with Gasteiger partial charge in [-0.2, -0.15) is 5.01 Å². The quantitative estimate of drug-likeness (QED) is 0.439. The highest BCUT2D eigenvalue weighted by atomic mass is 16.5. The molecule has 0 bridgehead atoms. The fourth-order valence-electron chi connectivity index (χ4n) is 4.62. The molecule has 1 aliphatic carbocycles. The first-order valence-electron chi connectivity index (χ1n) is 11.3. The summed E-state index contributed by atoms with van der Waals surface area (Å²) in [7, 11) is 0. The molecule has 9 nitrogen and oxygen atoms in total. The Hall–Kier alpha value is -3.46. The summed E-state index contributed by atoms with van der Waals surface area (Å²) in [5.74, 6) is -1.56. The summed E-state index contributed by atoms with van der Waals surface area (Å²) in [6.07, 6.45) is 3.84. The summed E-state index contributed by atoms with van der Waals surface area (Å²) in [5, 5.41) is 8.25. The molecule has 1 saturated heterocycles. The topological polar surface area (TPSA) is 117 Å². The third kappa shape index (κ3) is 4.54. The highest BCUT2D eigenvalue weighted by Gasteiger charge is 2.52. The van der Waals surface area contributed by atoms with Crippen molar-refractivity contribution in [1.29, 1.82) is 0 Å². The second-order valence-corrected chi connectivity index (χ2v) is 8.38. The van der Waals surface area contributed by atoms with E-state index in [0.29, 0.717) is 18.4 Å². The lowest BCUT2D eigenvalue weighted by Crippen LogP contribution is -2.52. The Morgan fingerprint density at radius 2 is 1.82 bits per heavy atom. The SMILES string of the molecule is CCOC(=O)[C@@H](NCC(=O)NN1C(=O)NC2(CCCCC2)C1=O)c1cccc2ccccc12. The van der Waals surface area contributed by atoms with Crippen LogP contribution < -0.4 is 16.1 Å². The molecular formula is C24H28N4O5. The van der Waals surface area contributed by atoms with Gasteiger partial charge in [-0.25, -0.2) is 9.59 Å². The zero-order chi connectivity index (χ0) is 23.4. The van der Waals surface area contributed by atoms with Gasteiger partial charge in [-0.1, -0.05) is 61.7 Å². The van der Waals surface area contributed by atoms with Gasteiger partial charge >= 0.3 is 12.0 Å². The van der Waals surface area contributed by atoms with Gasteiger partial charge in [-0.3, -0.25) is 20.3 Å². The van der Waals surface area contributed by atoms with Crippen LogP contribution in [0.2, 0.25) is 0 Å². The van der Waals surface area contributed by atoms with Crippen LogP contribution in [-0.2, 0) is 19.1 Å². The van der Waals surface area contributed by atoms with Crippen molar-refractivity contribution >= 4 is 34.6 Å². The van der Waals surface area contributed by atoms with E-state index in [1.807, 2.05) is 36.4 Å². The van der Waals surface area contributed by atoms with E-state index in [2.05, 4.69) is 16.1 Å². The van der Waals surface area contributed by atoms with E-state index < -0.39 is 35.4 Å². The molecule has 1 heterocycles. The molecule has 0 radical (unpaired) electrons. The van der Waals surface area contributed by atoms with Gasteiger partial charge in [-0.05, 0) is 36.1 Å². The number of hydrogen-bond acceptors (Lipinski definition) is 6. The van der Waals surface area contributed by atoms with Crippen LogP contribution in [0.5, 0.6) is 0 Å². The second kappa shape index (κ2) is 9.58. The summed E-state index contributed by atoms with van der Waals surface area (Å²) in [6, 6.07) is 11.7. The van der Waals surface area contributed by atoms with Gasteiger partial charge < -0.3 is 10.1 Å². The van der Waals surface area contributed by atoms with Crippen LogP contribution in [0.4, 0.5) is 4.79 Å². The minimum atomic E-state index is -0.924. The lowest BCUT2D eigenvalue weighted by molar-refractivity contribution is -0.146. The van der Waals surface area contributed by atoms with Crippen LogP contribution in [0, 0.1) is 0 Å². The molecular weight excluding hydrogens is 424 g/mol. The van der Waals surface area contributed by atoms with Crippen molar-refractivity contribution in [2.45, 2.75) is 50.6 Å². The maximum atomic E-state index is 12.9. The van der Waals surface area contributed by atoms with Crippen LogP contribution in [0.15, 0.2) is 42.5 Å². The number of benzene rings is 2. The minimum Gasteiger partial charge on any atom is -0.465 e. The molecule has 4 amide bonds. The Morgan fingerprint density at radius 1 is 1.09 bits per heavy atom. The summed E-state index contributed by atoms with van der Waals surface area (Å²) in [5.41, 5.74) is 2.14. The fraction of sp³-hybridized carbons (Fsp3) is 0.417. The zero-order valence-electron chi connectivity index (χ0n) is 18.6. The number of nitrogens with zero attached hydrogens (tertiary/aromatic N) is 1. The van der Waals surface area contributed by atoms with Crippen molar-refractivity contribution in [3.63, 3.8) is 0 Å². The zero-order valence-corrected chi connectivity index (χ0v) is 18.6. The van der Waals surface area contributed by atoms with Gasteiger partial charge in [0.1, 0.15) is 11.6 Å². The van der Waals surface area contributed by atoms with Gasteiger partial charge in [-0.15, -0.1) is 0 Å². The van der Waals surface area contributed by atoms with E-state index in [1.54, 1.807) is 13.0 Å². The molecule has 1 saturated carbocycles. The predicted molar refractivity (Wildman–Crippen MR) is 121 cm³/mol. The molecule has 2 aromatic rings.